The largest absolute Gasteiger partial charge is 0.383 e. The van der Waals surface area contributed by atoms with Gasteiger partial charge in [0.15, 0.2) is 0 Å². The van der Waals surface area contributed by atoms with Gasteiger partial charge in [0.05, 0.1) is 22.8 Å². The molecule has 0 saturated carbocycles. The number of anilines is 1. The van der Waals surface area contributed by atoms with E-state index < -0.39 is 0 Å². The minimum atomic E-state index is 0.454. The number of rotatable bonds is 3. The molecule has 4 aromatic rings. The van der Waals surface area contributed by atoms with E-state index in [1.54, 1.807) is 10.9 Å². The molecule has 0 atom stereocenters. The van der Waals surface area contributed by atoms with E-state index in [0.29, 0.717) is 11.7 Å². The van der Waals surface area contributed by atoms with Crippen LogP contribution < -0.4 is 5.73 Å². The average Bonchev–Trinajstić information content (AvgIpc) is 3.20. The highest BCUT2D eigenvalue weighted by Crippen LogP contribution is 2.30. The fraction of sp³-hybridized carbons (Fsp3) is 0.211. The molecule has 3 N–H and O–H groups in total. The summed E-state index contributed by atoms with van der Waals surface area (Å²) < 4.78 is 1.76. The Hall–Kier alpha value is -3.15. The van der Waals surface area contributed by atoms with Crippen LogP contribution in [0.5, 0.6) is 0 Å². The van der Waals surface area contributed by atoms with Crippen LogP contribution in [-0.4, -0.2) is 24.7 Å². The Morgan fingerprint density at radius 2 is 1.96 bits per heavy atom. The zero-order valence-corrected chi connectivity index (χ0v) is 14.5. The molecule has 0 radical (unpaired) electrons. The summed E-state index contributed by atoms with van der Waals surface area (Å²) in [5, 5.41) is 4.21. The number of nitrogens with one attached hydrogen (secondary N) is 1. The number of H-pyrrole nitrogens is 1. The third kappa shape index (κ3) is 2.76. The minimum absolute atomic E-state index is 0.454. The number of aryl methyl sites for hydroxylation is 1. The average molecular weight is 332 g/mol. The first-order valence-corrected chi connectivity index (χ1v) is 8.26. The van der Waals surface area contributed by atoms with Gasteiger partial charge in [0, 0.05) is 30.6 Å². The number of nitrogens with two attached hydrogens (primary N) is 1. The van der Waals surface area contributed by atoms with Crippen molar-refractivity contribution in [2.75, 3.05) is 5.73 Å². The molecule has 0 aliphatic carbocycles. The number of aromatic nitrogens is 5. The molecule has 0 saturated heterocycles. The number of benzene rings is 1. The van der Waals surface area contributed by atoms with Crippen molar-refractivity contribution < 1.29 is 0 Å². The zero-order chi connectivity index (χ0) is 17.6. The van der Waals surface area contributed by atoms with E-state index in [1.807, 2.05) is 25.5 Å². The van der Waals surface area contributed by atoms with Crippen molar-refractivity contribution in [3.63, 3.8) is 0 Å². The summed E-state index contributed by atoms with van der Waals surface area (Å²) in [6, 6.07) is 8.31. The van der Waals surface area contributed by atoms with Crippen molar-refractivity contribution in [2.45, 2.75) is 19.8 Å². The first kappa shape index (κ1) is 15.4. The lowest BCUT2D eigenvalue weighted by molar-refractivity contribution is 0.768. The number of fused-ring (bicyclic) bond motifs is 1. The topological polar surface area (TPSA) is 85.4 Å². The van der Waals surface area contributed by atoms with Gasteiger partial charge in [0.25, 0.3) is 0 Å². The van der Waals surface area contributed by atoms with Gasteiger partial charge in [-0.25, -0.2) is 9.97 Å². The van der Waals surface area contributed by atoms with E-state index in [2.05, 4.69) is 47.1 Å². The SMILES string of the molecule is CC(C)c1ccc2[nH]c(-c3cc(-c4cnn(C)c4)cnc3N)nc2c1. The number of nitrogen functional groups attached to an aromatic ring is 1. The van der Waals surface area contributed by atoms with Crippen molar-refractivity contribution in [3.05, 3.63) is 48.4 Å². The second kappa shape index (κ2) is 5.73. The molecule has 0 bridgehead atoms. The lowest BCUT2D eigenvalue weighted by Gasteiger charge is -2.04. The van der Waals surface area contributed by atoms with Crippen LogP contribution in [0.3, 0.4) is 0 Å². The van der Waals surface area contributed by atoms with Crippen LogP contribution in [0.2, 0.25) is 0 Å². The van der Waals surface area contributed by atoms with Gasteiger partial charge in [0.2, 0.25) is 0 Å². The van der Waals surface area contributed by atoms with E-state index in [9.17, 15) is 0 Å². The number of imidazole rings is 1. The molecule has 0 fully saturated rings. The van der Waals surface area contributed by atoms with Crippen molar-refractivity contribution in [2.24, 2.45) is 7.05 Å². The standard InChI is InChI=1S/C19H20N6/c1-11(2)12-4-5-16-17(7-12)24-19(23-16)15-6-13(8-21-18(15)20)14-9-22-25(3)10-14/h4-11H,1-3H3,(H2,20,21)(H,23,24). The molecule has 0 amide bonds. The molecule has 0 aliphatic rings. The lowest BCUT2D eigenvalue weighted by atomic mass is 10.0. The maximum atomic E-state index is 6.11. The lowest BCUT2D eigenvalue weighted by Crippen LogP contribution is -1.95. The molecular formula is C19H20N6. The Balaban J connectivity index is 1.82. The smallest absolute Gasteiger partial charge is 0.142 e. The molecule has 0 spiro atoms. The molecule has 3 aromatic heterocycles. The molecule has 0 unspecified atom stereocenters. The van der Waals surface area contributed by atoms with E-state index in [1.165, 1.54) is 5.56 Å². The maximum absolute atomic E-state index is 6.11. The molecule has 4 rings (SSSR count). The fourth-order valence-corrected chi connectivity index (χ4v) is 2.90. The van der Waals surface area contributed by atoms with Gasteiger partial charge in [0.1, 0.15) is 11.6 Å². The summed E-state index contributed by atoms with van der Waals surface area (Å²) in [7, 11) is 1.89. The van der Waals surface area contributed by atoms with Gasteiger partial charge in [-0.2, -0.15) is 5.10 Å². The number of aromatic amines is 1. The maximum Gasteiger partial charge on any atom is 0.142 e. The number of nitrogens with zero attached hydrogens (tertiary/aromatic N) is 4. The molecule has 6 nitrogen and oxygen atoms in total. The monoisotopic (exact) mass is 332 g/mol. The highest BCUT2D eigenvalue weighted by Gasteiger charge is 2.13. The predicted octanol–water partition coefficient (Wildman–Crippen LogP) is 3.73. The van der Waals surface area contributed by atoms with Gasteiger partial charge in [-0.1, -0.05) is 19.9 Å². The third-order valence-corrected chi connectivity index (χ3v) is 4.39. The van der Waals surface area contributed by atoms with Crippen LogP contribution in [0, 0.1) is 0 Å². The minimum Gasteiger partial charge on any atom is -0.383 e. The normalized spacial score (nSPS) is 11.5. The summed E-state index contributed by atoms with van der Waals surface area (Å²) in [4.78, 5) is 12.4. The van der Waals surface area contributed by atoms with Crippen LogP contribution in [0.15, 0.2) is 42.9 Å². The Labute approximate surface area is 145 Å². The van der Waals surface area contributed by atoms with Crippen molar-refractivity contribution in [1.82, 2.24) is 24.7 Å². The molecule has 0 aliphatic heterocycles. The highest BCUT2D eigenvalue weighted by atomic mass is 15.2. The van der Waals surface area contributed by atoms with E-state index in [4.69, 9.17) is 10.7 Å². The second-order valence-electron chi connectivity index (χ2n) is 6.58. The van der Waals surface area contributed by atoms with Crippen LogP contribution in [0.4, 0.5) is 5.82 Å². The number of hydrogen-bond acceptors (Lipinski definition) is 4. The van der Waals surface area contributed by atoms with E-state index >= 15 is 0 Å². The molecule has 3 heterocycles. The first-order valence-electron chi connectivity index (χ1n) is 8.26. The summed E-state index contributed by atoms with van der Waals surface area (Å²) >= 11 is 0. The predicted molar refractivity (Wildman–Crippen MR) is 100 cm³/mol. The Kier molecular flexibility index (Phi) is 3.53. The third-order valence-electron chi connectivity index (χ3n) is 4.39. The van der Waals surface area contributed by atoms with Crippen LogP contribution in [0.1, 0.15) is 25.3 Å². The van der Waals surface area contributed by atoms with Crippen molar-refractivity contribution in [1.29, 1.82) is 0 Å². The summed E-state index contributed by atoms with van der Waals surface area (Å²) in [5.41, 5.74) is 12.1. The van der Waals surface area contributed by atoms with E-state index in [0.717, 1.165) is 33.5 Å². The summed E-state index contributed by atoms with van der Waals surface area (Å²) in [5.74, 6) is 1.65. The van der Waals surface area contributed by atoms with E-state index in [-0.39, 0.29) is 0 Å². The molecular weight excluding hydrogens is 312 g/mol. The Morgan fingerprint density at radius 3 is 2.68 bits per heavy atom. The van der Waals surface area contributed by atoms with Crippen LogP contribution >= 0.6 is 0 Å². The fourth-order valence-electron chi connectivity index (χ4n) is 2.90. The van der Waals surface area contributed by atoms with Gasteiger partial charge in [-0.15, -0.1) is 0 Å². The summed E-state index contributed by atoms with van der Waals surface area (Å²) in [6.45, 7) is 4.35. The molecule has 1 aromatic carbocycles. The summed E-state index contributed by atoms with van der Waals surface area (Å²) in [6.07, 6.45) is 5.52. The van der Waals surface area contributed by atoms with Gasteiger partial charge >= 0.3 is 0 Å². The van der Waals surface area contributed by atoms with Crippen molar-refractivity contribution in [3.8, 4) is 22.5 Å². The molecule has 126 valence electrons. The quantitative estimate of drug-likeness (QED) is 0.598. The number of pyridine rings is 1. The number of hydrogen-bond donors (Lipinski definition) is 2. The zero-order valence-electron chi connectivity index (χ0n) is 14.5. The Bertz CT molecular complexity index is 1060. The van der Waals surface area contributed by atoms with Gasteiger partial charge in [-0.3, -0.25) is 4.68 Å². The Morgan fingerprint density at radius 1 is 1.12 bits per heavy atom. The van der Waals surface area contributed by atoms with Crippen LogP contribution in [0.25, 0.3) is 33.5 Å². The molecule has 25 heavy (non-hydrogen) atoms. The second-order valence-corrected chi connectivity index (χ2v) is 6.58. The van der Waals surface area contributed by atoms with Gasteiger partial charge in [-0.05, 0) is 29.7 Å². The molecule has 6 heteroatoms. The highest BCUT2D eigenvalue weighted by molar-refractivity contribution is 5.83. The first-order chi connectivity index (χ1) is 12.0. The van der Waals surface area contributed by atoms with Gasteiger partial charge < -0.3 is 10.7 Å². The van der Waals surface area contributed by atoms with Crippen LogP contribution in [-0.2, 0) is 7.05 Å². The van der Waals surface area contributed by atoms with Crippen molar-refractivity contribution >= 4 is 16.9 Å².